The van der Waals surface area contributed by atoms with E-state index in [1.807, 2.05) is 13.8 Å². The van der Waals surface area contributed by atoms with Gasteiger partial charge in [-0.3, -0.25) is 9.48 Å². The van der Waals surface area contributed by atoms with Gasteiger partial charge in [-0.1, -0.05) is 11.6 Å². The summed E-state index contributed by atoms with van der Waals surface area (Å²) in [5, 5.41) is 4.82. The van der Waals surface area contributed by atoms with Gasteiger partial charge in [-0.05, 0) is 32.4 Å². The fourth-order valence-corrected chi connectivity index (χ4v) is 3.72. The van der Waals surface area contributed by atoms with E-state index >= 15 is 0 Å². The smallest absolute Gasteiger partial charge is 0.153 e. The standard InChI is InChI=1S/C12H17ClN2OS/c1-8-9(11(13)15(3)14-8)7-10(16)12(2)5-4-6-17-12/h4-7H2,1-3H3. The van der Waals surface area contributed by atoms with Crippen LogP contribution in [0.25, 0.3) is 0 Å². The summed E-state index contributed by atoms with van der Waals surface area (Å²) in [7, 11) is 1.80. The summed E-state index contributed by atoms with van der Waals surface area (Å²) in [4.78, 5) is 12.3. The Morgan fingerprint density at radius 1 is 1.65 bits per heavy atom. The minimum Gasteiger partial charge on any atom is -0.298 e. The van der Waals surface area contributed by atoms with Crippen LogP contribution in [-0.2, 0) is 18.3 Å². The van der Waals surface area contributed by atoms with E-state index in [-0.39, 0.29) is 10.5 Å². The summed E-state index contributed by atoms with van der Waals surface area (Å²) < 4.78 is 1.41. The molecule has 5 heteroatoms. The van der Waals surface area contributed by atoms with Gasteiger partial charge < -0.3 is 0 Å². The van der Waals surface area contributed by atoms with E-state index in [1.54, 1.807) is 23.5 Å². The first kappa shape index (κ1) is 13.0. The van der Waals surface area contributed by atoms with E-state index in [1.165, 1.54) is 0 Å². The largest absolute Gasteiger partial charge is 0.298 e. The predicted octanol–water partition coefficient (Wildman–Crippen LogP) is 2.78. The molecule has 2 heterocycles. The molecule has 1 aromatic heterocycles. The molecule has 2 rings (SSSR count). The van der Waals surface area contributed by atoms with Crippen molar-refractivity contribution in [1.29, 1.82) is 0 Å². The topological polar surface area (TPSA) is 34.9 Å². The third kappa shape index (κ3) is 2.38. The molecule has 0 radical (unpaired) electrons. The summed E-state index contributed by atoms with van der Waals surface area (Å²) >= 11 is 7.92. The summed E-state index contributed by atoms with van der Waals surface area (Å²) in [5.74, 6) is 1.36. The van der Waals surface area contributed by atoms with Crippen LogP contribution in [-0.4, -0.2) is 26.1 Å². The van der Waals surface area contributed by atoms with E-state index in [0.29, 0.717) is 11.6 Å². The zero-order valence-electron chi connectivity index (χ0n) is 10.4. The van der Waals surface area contributed by atoms with Crippen LogP contribution in [0.3, 0.4) is 0 Å². The number of hydrogen-bond donors (Lipinski definition) is 0. The first-order valence-electron chi connectivity index (χ1n) is 5.79. The van der Waals surface area contributed by atoms with Crippen molar-refractivity contribution in [2.24, 2.45) is 7.05 Å². The number of halogens is 1. The lowest BCUT2D eigenvalue weighted by Crippen LogP contribution is -2.30. The Bertz CT molecular complexity index is 450. The van der Waals surface area contributed by atoms with Crippen molar-refractivity contribution >= 4 is 29.1 Å². The molecule has 1 unspecified atom stereocenters. The Kier molecular flexibility index (Phi) is 3.55. The van der Waals surface area contributed by atoms with Gasteiger partial charge in [-0.2, -0.15) is 5.10 Å². The molecule has 0 aliphatic carbocycles. The van der Waals surface area contributed by atoms with Crippen molar-refractivity contribution in [2.45, 2.75) is 37.9 Å². The molecule has 0 bridgehead atoms. The number of Topliss-reactive ketones (excluding diaryl/α,β-unsaturated/α-hetero) is 1. The van der Waals surface area contributed by atoms with Crippen molar-refractivity contribution in [3.05, 3.63) is 16.4 Å². The van der Waals surface area contributed by atoms with Gasteiger partial charge in [-0.15, -0.1) is 11.8 Å². The number of hydrogen-bond acceptors (Lipinski definition) is 3. The maximum absolute atomic E-state index is 12.3. The molecule has 1 atom stereocenters. The summed E-state index contributed by atoms with van der Waals surface area (Å²) in [6.45, 7) is 3.95. The van der Waals surface area contributed by atoms with Crippen molar-refractivity contribution in [2.75, 3.05) is 5.75 Å². The second-order valence-corrected chi connectivity index (χ2v) is 6.72. The zero-order valence-corrected chi connectivity index (χ0v) is 12.0. The number of nitrogens with zero attached hydrogens (tertiary/aromatic N) is 2. The molecule has 3 nitrogen and oxygen atoms in total. The van der Waals surface area contributed by atoms with E-state index in [0.717, 1.165) is 29.9 Å². The van der Waals surface area contributed by atoms with Crippen molar-refractivity contribution < 1.29 is 4.79 Å². The summed E-state index contributed by atoms with van der Waals surface area (Å²) in [6.07, 6.45) is 2.52. The molecule has 1 fully saturated rings. The van der Waals surface area contributed by atoms with Gasteiger partial charge in [0.25, 0.3) is 0 Å². The monoisotopic (exact) mass is 272 g/mol. The van der Waals surface area contributed by atoms with Crippen molar-refractivity contribution in [1.82, 2.24) is 9.78 Å². The second-order valence-electron chi connectivity index (χ2n) is 4.76. The number of aromatic nitrogens is 2. The highest BCUT2D eigenvalue weighted by Crippen LogP contribution is 2.39. The number of aryl methyl sites for hydroxylation is 2. The molecule has 94 valence electrons. The Morgan fingerprint density at radius 3 is 2.82 bits per heavy atom. The minimum absolute atomic E-state index is 0.217. The third-order valence-corrected chi connectivity index (χ3v) is 5.45. The second kappa shape index (κ2) is 4.65. The molecule has 0 spiro atoms. The molecular formula is C12H17ClN2OS. The van der Waals surface area contributed by atoms with Crippen LogP contribution in [0.1, 0.15) is 31.0 Å². The number of carbonyl (C=O) groups is 1. The lowest BCUT2D eigenvalue weighted by Gasteiger charge is -2.20. The van der Waals surface area contributed by atoms with Gasteiger partial charge in [0, 0.05) is 19.0 Å². The highest BCUT2D eigenvalue weighted by Gasteiger charge is 2.37. The Morgan fingerprint density at radius 2 is 2.35 bits per heavy atom. The van der Waals surface area contributed by atoms with E-state index in [9.17, 15) is 4.79 Å². The van der Waals surface area contributed by atoms with Crippen molar-refractivity contribution in [3.8, 4) is 0 Å². The maximum atomic E-state index is 12.3. The average molecular weight is 273 g/mol. The van der Waals surface area contributed by atoms with E-state index < -0.39 is 0 Å². The number of rotatable bonds is 3. The highest BCUT2D eigenvalue weighted by atomic mass is 35.5. The molecule has 0 aromatic carbocycles. The van der Waals surface area contributed by atoms with Crippen LogP contribution in [0.5, 0.6) is 0 Å². The van der Waals surface area contributed by atoms with Gasteiger partial charge in [-0.25, -0.2) is 0 Å². The molecule has 0 amide bonds. The average Bonchev–Trinajstić information content (AvgIpc) is 2.80. The number of ketones is 1. The van der Waals surface area contributed by atoms with Gasteiger partial charge in [0.15, 0.2) is 5.78 Å². The lowest BCUT2D eigenvalue weighted by atomic mass is 9.95. The first-order valence-corrected chi connectivity index (χ1v) is 7.15. The van der Waals surface area contributed by atoms with Crippen LogP contribution in [0.2, 0.25) is 5.15 Å². The third-order valence-electron chi connectivity index (χ3n) is 3.42. The Hall–Kier alpha value is -0.480. The normalized spacial score (nSPS) is 24.2. The summed E-state index contributed by atoms with van der Waals surface area (Å²) in [6, 6.07) is 0. The Labute approximate surface area is 111 Å². The van der Waals surface area contributed by atoms with E-state index in [2.05, 4.69) is 5.10 Å². The van der Waals surface area contributed by atoms with Crippen LogP contribution in [0, 0.1) is 6.92 Å². The summed E-state index contributed by atoms with van der Waals surface area (Å²) in [5.41, 5.74) is 1.74. The van der Waals surface area contributed by atoms with Crippen LogP contribution in [0.4, 0.5) is 0 Å². The number of thioether (sulfide) groups is 1. The van der Waals surface area contributed by atoms with Gasteiger partial charge in [0.05, 0.1) is 10.4 Å². The van der Waals surface area contributed by atoms with Crippen molar-refractivity contribution in [3.63, 3.8) is 0 Å². The van der Waals surface area contributed by atoms with Crippen LogP contribution >= 0.6 is 23.4 Å². The molecule has 1 aliphatic heterocycles. The fourth-order valence-electron chi connectivity index (χ4n) is 2.22. The van der Waals surface area contributed by atoms with Crippen LogP contribution < -0.4 is 0 Å². The molecule has 17 heavy (non-hydrogen) atoms. The molecule has 1 aliphatic rings. The molecular weight excluding hydrogens is 256 g/mol. The fraction of sp³-hybridized carbons (Fsp3) is 0.667. The zero-order chi connectivity index (χ0) is 12.6. The van der Waals surface area contributed by atoms with E-state index in [4.69, 9.17) is 11.6 Å². The minimum atomic E-state index is -0.217. The molecule has 0 saturated carbocycles. The first-order chi connectivity index (χ1) is 7.94. The van der Waals surface area contributed by atoms with Gasteiger partial charge >= 0.3 is 0 Å². The van der Waals surface area contributed by atoms with Gasteiger partial charge in [0.2, 0.25) is 0 Å². The highest BCUT2D eigenvalue weighted by molar-refractivity contribution is 8.01. The Balaban J connectivity index is 2.18. The predicted molar refractivity (Wildman–Crippen MR) is 71.8 cm³/mol. The maximum Gasteiger partial charge on any atom is 0.153 e. The molecule has 0 N–H and O–H groups in total. The van der Waals surface area contributed by atoms with Crippen LogP contribution in [0.15, 0.2) is 0 Å². The lowest BCUT2D eigenvalue weighted by molar-refractivity contribution is -0.120. The molecule has 1 saturated heterocycles. The quantitative estimate of drug-likeness (QED) is 0.849. The SMILES string of the molecule is Cc1nn(C)c(Cl)c1CC(=O)C1(C)CCCS1. The number of carbonyl (C=O) groups excluding carboxylic acids is 1. The molecule has 1 aromatic rings. The van der Waals surface area contributed by atoms with Gasteiger partial charge in [0.1, 0.15) is 5.15 Å².